The standard InChI is InChI=1S/C12H13N3O.ClH/c1-7-3-6-10(16-2)11-8(7)4-5-9(15-11)12(13)14;/h3-6H,1-2H3,(H3,13,14);1H. The number of hydrogen-bond acceptors (Lipinski definition) is 3. The topological polar surface area (TPSA) is 72.0 Å². The van der Waals surface area contributed by atoms with Crippen molar-refractivity contribution in [3.05, 3.63) is 35.5 Å². The maximum Gasteiger partial charge on any atom is 0.145 e. The van der Waals surface area contributed by atoms with E-state index in [2.05, 4.69) is 4.98 Å². The van der Waals surface area contributed by atoms with Crippen LogP contribution in [0.3, 0.4) is 0 Å². The lowest BCUT2D eigenvalue weighted by atomic mass is 10.1. The summed E-state index contributed by atoms with van der Waals surface area (Å²) < 4.78 is 5.24. The van der Waals surface area contributed by atoms with E-state index in [1.54, 1.807) is 13.2 Å². The van der Waals surface area contributed by atoms with Crippen LogP contribution in [0.4, 0.5) is 0 Å². The normalized spacial score (nSPS) is 9.76. The van der Waals surface area contributed by atoms with Crippen molar-refractivity contribution in [3.8, 4) is 5.75 Å². The number of nitrogens with one attached hydrogen (secondary N) is 1. The van der Waals surface area contributed by atoms with Crippen LogP contribution in [0.5, 0.6) is 5.75 Å². The monoisotopic (exact) mass is 251 g/mol. The van der Waals surface area contributed by atoms with Crippen LogP contribution in [0.15, 0.2) is 24.3 Å². The number of aromatic nitrogens is 1. The maximum atomic E-state index is 7.37. The molecular weight excluding hydrogens is 238 g/mol. The van der Waals surface area contributed by atoms with E-state index in [1.165, 1.54) is 0 Å². The number of nitrogens with zero attached hydrogens (tertiary/aromatic N) is 1. The Morgan fingerprint density at radius 1 is 1.29 bits per heavy atom. The molecule has 0 radical (unpaired) electrons. The van der Waals surface area contributed by atoms with Crippen LogP contribution in [0.25, 0.3) is 10.9 Å². The van der Waals surface area contributed by atoms with Gasteiger partial charge in [0.05, 0.1) is 7.11 Å². The third-order valence-electron chi connectivity index (χ3n) is 2.53. The minimum atomic E-state index is -0.0366. The van der Waals surface area contributed by atoms with Crippen LogP contribution in [0, 0.1) is 12.3 Å². The number of pyridine rings is 1. The van der Waals surface area contributed by atoms with Gasteiger partial charge in [0.15, 0.2) is 0 Å². The van der Waals surface area contributed by atoms with Crippen LogP contribution in [-0.2, 0) is 0 Å². The van der Waals surface area contributed by atoms with Gasteiger partial charge in [-0.1, -0.05) is 12.1 Å². The number of benzene rings is 1. The van der Waals surface area contributed by atoms with Gasteiger partial charge in [0, 0.05) is 5.39 Å². The van der Waals surface area contributed by atoms with E-state index in [4.69, 9.17) is 15.9 Å². The predicted octanol–water partition coefficient (Wildman–Crippen LogP) is 2.26. The molecule has 0 unspecified atom stereocenters. The zero-order valence-corrected chi connectivity index (χ0v) is 10.5. The smallest absolute Gasteiger partial charge is 0.145 e. The molecule has 0 bridgehead atoms. The summed E-state index contributed by atoms with van der Waals surface area (Å²) in [5, 5.41) is 8.38. The molecule has 2 aromatic rings. The van der Waals surface area contributed by atoms with Crippen molar-refractivity contribution in [2.24, 2.45) is 5.73 Å². The SMILES string of the molecule is COc1ccc(C)c2ccc(C(=N)N)nc12.Cl. The first-order valence-electron chi connectivity index (χ1n) is 4.92. The highest BCUT2D eigenvalue weighted by atomic mass is 35.5. The van der Waals surface area contributed by atoms with E-state index in [1.807, 2.05) is 25.1 Å². The van der Waals surface area contributed by atoms with Gasteiger partial charge in [-0.05, 0) is 24.6 Å². The molecule has 5 heteroatoms. The minimum absolute atomic E-state index is 0. The van der Waals surface area contributed by atoms with Crippen LogP contribution in [0.1, 0.15) is 11.3 Å². The Morgan fingerprint density at radius 2 is 2.00 bits per heavy atom. The second-order valence-corrected chi connectivity index (χ2v) is 3.59. The van der Waals surface area contributed by atoms with E-state index in [0.29, 0.717) is 11.4 Å². The van der Waals surface area contributed by atoms with Gasteiger partial charge in [-0.25, -0.2) is 4.98 Å². The first-order valence-corrected chi connectivity index (χ1v) is 4.92. The number of amidine groups is 1. The average Bonchev–Trinajstić information content (AvgIpc) is 2.29. The summed E-state index contributed by atoms with van der Waals surface area (Å²) in [6, 6.07) is 7.51. The Labute approximate surface area is 106 Å². The fourth-order valence-corrected chi connectivity index (χ4v) is 1.65. The van der Waals surface area contributed by atoms with Crippen molar-refractivity contribution in [1.82, 2.24) is 4.98 Å². The van der Waals surface area contributed by atoms with Gasteiger partial charge in [-0.15, -0.1) is 12.4 Å². The van der Waals surface area contributed by atoms with Gasteiger partial charge in [0.1, 0.15) is 22.8 Å². The predicted molar refractivity (Wildman–Crippen MR) is 71.3 cm³/mol. The highest BCUT2D eigenvalue weighted by Gasteiger charge is 2.07. The number of ether oxygens (including phenoxy) is 1. The van der Waals surface area contributed by atoms with E-state index in [-0.39, 0.29) is 18.2 Å². The highest BCUT2D eigenvalue weighted by Crippen LogP contribution is 2.26. The summed E-state index contributed by atoms with van der Waals surface area (Å²) in [5.41, 5.74) is 7.75. The number of fused-ring (bicyclic) bond motifs is 1. The van der Waals surface area contributed by atoms with Crippen LogP contribution >= 0.6 is 12.4 Å². The molecule has 2 rings (SSSR count). The van der Waals surface area contributed by atoms with Crippen LogP contribution in [0.2, 0.25) is 0 Å². The summed E-state index contributed by atoms with van der Waals surface area (Å²) in [6.45, 7) is 2.01. The summed E-state index contributed by atoms with van der Waals surface area (Å²) in [4.78, 5) is 4.33. The second kappa shape index (κ2) is 5.01. The van der Waals surface area contributed by atoms with Crippen LogP contribution in [-0.4, -0.2) is 17.9 Å². The largest absolute Gasteiger partial charge is 0.494 e. The van der Waals surface area contributed by atoms with E-state index in [0.717, 1.165) is 16.5 Å². The number of nitrogen functional groups attached to an aromatic ring is 1. The quantitative estimate of drug-likeness (QED) is 0.635. The van der Waals surface area contributed by atoms with Crippen molar-refractivity contribution in [1.29, 1.82) is 5.41 Å². The second-order valence-electron chi connectivity index (χ2n) is 3.59. The lowest BCUT2D eigenvalue weighted by Gasteiger charge is -2.08. The highest BCUT2D eigenvalue weighted by molar-refractivity contribution is 5.97. The van der Waals surface area contributed by atoms with Crippen molar-refractivity contribution in [3.63, 3.8) is 0 Å². The molecule has 0 spiro atoms. The molecule has 4 nitrogen and oxygen atoms in total. The molecular formula is C12H14ClN3O. The van der Waals surface area contributed by atoms with Gasteiger partial charge < -0.3 is 10.5 Å². The lowest BCUT2D eigenvalue weighted by molar-refractivity contribution is 0.419. The summed E-state index contributed by atoms with van der Waals surface area (Å²) >= 11 is 0. The number of methoxy groups -OCH3 is 1. The summed E-state index contributed by atoms with van der Waals surface area (Å²) in [5.74, 6) is 0.661. The van der Waals surface area contributed by atoms with Crippen molar-refractivity contribution < 1.29 is 4.74 Å². The Morgan fingerprint density at radius 3 is 2.59 bits per heavy atom. The molecule has 1 heterocycles. The molecule has 0 atom stereocenters. The Balaban J connectivity index is 0.00000144. The summed E-state index contributed by atoms with van der Waals surface area (Å²) in [7, 11) is 1.60. The van der Waals surface area contributed by atoms with Crippen molar-refractivity contribution in [2.45, 2.75) is 6.92 Å². The molecule has 0 aliphatic rings. The molecule has 90 valence electrons. The van der Waals surface area contributed by atoms with Gasteiger partial charge >= 0.3 is 0 Å². The molecule has 1 aromatic carbocycles. The van der Waals surface area contributed by atoms with E-state index >= 15 is 0 Å². The van der Waals surface area contributed by atoms with Crippen molar-refractivity contribution in [2.75, 3.05) is 7.11 Å². The number of rotatable bonds is 2. The zero-order valence-electron chi connectivity index (χ0n) is 9.65. The fourth-order valence-electron chi connectivity index (χ4n) is 1.65. The fraction of sp³-hybridized carbons (Fsp3) is 0.167. The number of halogens is 1. The number of hydrogen-bond donors (Lipinski definition) is 2. The van der Waals surface area contributed by atoms with Crippen molar-refractivity contribution >= 4 is 29.1 Å². The number of aryl methyl sites for hydroxylation is 1. The molecule has 0 aliphatic heterocycles. The van der Waals surface area contributed by atoms with Gasteiger partial charge in [-0.2, -0.15) is 0 Å². The molecule has 17 heavy (non-hydrogen) atoms. The number of nitrogens with two attached hydrogens (primary N) is 1. The van der Waals surface area contributed by atoms with Gasteiger partial charge in [-0.3, -0.25) is 5.41 Å². The molecule has 0 amide bonds. The average molecular weight is 252 g/mol. The third kappa shape index (κ3) is 2.31. The molecule has 0 fully saturated rings. The van der Waals surface area contributed by atoms with Crippen LogP contribution < -0.4 is 10.5 Å². The molecule has 0 aliphatic carbocycles. The summed E-state index contributed by atoms with van der Waals surface area (Å²) in [6.07, 6.45) is 0. The molecule has 0 saturated heterocycles. The first kappa shape index (κ1) is 13.3. The first-order chi connectivity index (χ1) is 7.63. The Bertz CT molecular complexity index is 569. The van der Waals surface area contributed by atoms with E-state index < -0.39 is 0 Å². The Hall–Kier alpha value is -1.81. The lowest BCUT2D eigenvalue weighted by Crippen LogP contribution is -2.13. The molecule has 3 N–H and O–H groups in total. The molecule has 0 saturated carbocycles. The van der Waals surface area contributed by atoms with Gasteiger partial charge in [0.25, 0.3) is 0 Å². The molecule has 1 aromatic heterocycles. The third-order valence-corrected chi connectivity index (χ3v) is 2.53. The van der Waals surface area contributed by atoms with Gasteiger partial charge in [0.2, 0.25) is 0 Å². The minimum Gasteiger partial charge on any atom is -0.494 e. The Kier molecular flexibility index (Phi) is 3.91. The zero-order chi connectivity index (χ0) is 11.7. The maximum absolute atomic E-state index is 7.37. The van der Waals surface area contributed by atoms with E-state index in [9.17, 15) is 0 Å².